The van der Waals surface area contributed by atoms with Crippen molar-refractivity contribution in [2.45, 2.75) is 58.3 Å². The molecule has 1 rings (SSSR count). The second kappa shape index (κ2) is 4.82. The zero-order chi connectivity index (χ0) is 13.4. The fourth-order valence-electron chi connectivity index (χ4n) is 1.76. The van der Waals surface area contributed by atoms with Gasteiger partial charge >= 0.3 is 0 Å². The fraction of sp³-hybridized carbons (Fsp3) is 0.600. The third kappa shape index (κ3) is 3.39. The normalized spacial score (nSPS) is 12.9. The number of alkyl halides is 1. The lowest BCUT2D eigenvalue weighted by molar-refractivity contribution is 0.567. The Morgan fingerprint density at radius 2 is 1.47 bits per heavy atom. The van der Waals surface area contributed by atoms with Crippen LogP contribution in [0, 0.1) is 0 Å². The molecule has 17 heavy (non-hydrogen) atoms. The first kappa shape index (κ1) is 14.9. The van der Waals surface area contributed by atoms with Crippen LogP contribution in [-0.4, -0.2) is 0 Å². The molecule has 0 aliphatic rings. The molecule has 96 valence electrons. The van der Waals surface area contributed by atoms with E-state index < -0.39 is 0 Å². The van der Waals surface area contributed by atoms with Gasteiger partial charge in [0.1, 0.15) is 0 Å². The molecule has 0 fully saturated rings. The molecule has 1 aromatic carbocycles. The van der Waals surface area contributed by atoms with Crippen molar-refractivity contribution in [3.05, 3.63) is 33.8 Å². The van der Waals surface area contributed by atoms with Crippen LogP contribution in [0.4, 0.5) is 0 Å². The molecular weight excluding hydrogens is 251 g/mol. The van der Waals surface area contributed by atoms with Crippen LogP contribution >= 0.6 is 23.2 Å². The maximum Gasteiger partial charge on any atom is 0.0489 e. The van der Waals surface area contributed by atoms with E-state index >= 15 is 0 Å². The molecule has 0 saturated heterocycles. The third-order valence-corrected chi connectivity index (χ3v) is 3.70. The average Bonchev–Trinajstić information content (AvgIpc) is 2.14. The minimum absolute atomic E-state index is 0.0408. The first-order chi connectivity index (χ1) is 7.57. The highest BCUT2D eigenvalue weighted by atomic mass is 35.5. The molecule has 2 heteroatoms. The molecule has 1 aromatic rings. The second-order valence-electron chi connectivity index (χ2n) is 6.63. The van der Waals surface area contributed by atoms with Crippen molar-refractivity contribution >= 4 is 23.2 Å². The van der Waals surface area contributed by atoms with Crippen molar-refractivity contribution in [3.8, 4) is 0 Å². The largest absolute Gasteiger partial charge is 0.121 e. The van der Waals surface area contributed by atoms with Gasteiger partial charge in [-0.05, 0) is 27.5 Å². The second-order valence-corrected chi connectivity index (χ2v) is 7.28. The van der Waals surface area contributed by atoms with E-state index in [4.69, 9.17) is 23.2 Å². The lowest BCUT2D eigenvalue weighted by Gasteiger charge is -2.27. The van der Waals surface area contributed by atoms with E-state index in [0.29, 0.717) is 5.88 Å². The van der Waals surface area contributed by atoms with Crippen LogP contribution in [0.5, 0.6) is 0 Å². The summed E-state index contributed by atoms with van der Waals surface area (Å²) < 4.78 is 0. The van der Waals surface area contributed by atoms with Gasteiger partial charge in [0.2, 0.25) is 0 Å². The fourth-order valence-corrected chi connectivity index (χ4v) is 2.50. The SMILES string of the molecule is CC(C)(C)c1cc(CCl)c(Cl)c(C(C)(C)C)c1. The Balaban J connectivity index is 3.50. The number of halogens is 2. The van der Waals surface area contributed by atoms with Crippen LogP contribution in [0.3, 0.4) is 0 Å². The summed E-state index contributed by atoms with van der Waals surface area (Å²) in [5.41, 5.74) is 3.67. The average molecular weight is 273 g/mol. The van der Waals surface area contributed by atoms with Crippen LogP contribution in [0.15, 0.2) is 12.1 Å². The van der Waals surface area contributed by atoms with E-state index in [1.54, 1.807) is 0 Å². The lowest BCUT2D eigenvalue weighted by Crippen LogP contribution is -2.17. The Kier molecular flexibility index (Phi) is 4.21. The summed E-state index contributed by atoms with van der Waals surface area (Å²) in [4.78, 5) is 0. The van der Waals surface area contributed by atoms with Gasteiger partial charge in [-0.25, -0.2) is 0 Å². The van der Waals surface area contributed by atoms with Crippen molar-refractivity contribution in [1.82, 2.24) is 0 Å². The number of rotatable bonds is 1. The molecule has 0 saturated carbocycles. The first-order valence-electron chi connectivity index (χ1n) is 5.96. The Hall–Kier alpha value is -0.200. The van der Waals surface area contributed by atoms with Crippen LogP contribution in [0.25, 0.3) is 0 Å². The standard InChI is InChI=1S/C15H22Cl2/c1-14(2,3)11-7-10(9-16)13(17)12(8-11)15(4,5)6/h7-8H,9H2,1-6H3. The Bertz CT molecular complexity index is 406. The van der Waals surface area contributed by atoms with Crippen molar-refractivity contribution in [2.24, 2.45) is 0 Å². The molecule has 0 atom stereocenters. The summed E-state index contributed by atoms with van der Waals surface area (Å²) in [6.45, 7) is 13.2. The van der Waals surface area contributed by atoms with Gasteiger partial charge in [0, 0.05) is 10.9 Å². The summed E-state index contributed by atoms with van der Waals surface area (Å²) in [7, 11) is 0. The molecule has 0 unspecified atom stereocenters. The molecule has 0 amide bonds. The van der Waals surface area contributed by atoms with Gasteiger partial charge in [0.05, 0.1) is 0 Å². The minimum Gasteiger partial charge on any atom is -0.121 e. The van der Waals surface area contributed by atoms with E-state index in [0.717, 1.165) is 10.6 Å². The Labute approximate surface area is 115 Å². The van der Waals surface area contributed by atoms with Gasteiger partial charge in [0.25, 0.3) is 0 Å². The molecule has 0 aromatic heterocycles. The number of benzene rings is 1. The molecule has 0 N–H and O–H groups in total. The predicted octanol–water partition coefficient (Wildman–Crippen LogP) is 5.67. The summed E-state index contributed by atoms with van der Waals surface area (Å²) in [5, 5.41) is 0.820. The molecule has 0 heterocycles. The quantitative estimate of drug-likeness (QED) is 0.578. The van der Waals surface area contributed by atoms with Crippen LogP contribution in [0.2, 0.25) is 5.02 Å². The highest BCUT2D eigenvalue weighted by Gasteiger charge is 2.23. The molecule has 0 aliphatic carbocycles. The monoisotopic (exact) mass is 272 g/mol. The maximum absolute atomic E-state index is 6.43. The van der Waals surface area contributed by atoms with Crippen molar-refractivity contribution < 1.29 is 0 Å². The summed E-state index contributed by atoms with van der Waals surface area (Å²) in [6, 6.07) is 4.35. The van der Waals surface area contributed by atoms with E-state index in [9.17, 15) is 0 Å². The molecule has 0 nitrogen and oxygen atoms in total. The third-order valence-electron chi connectivity index (χ3n) is 2.97. The van der Waals surface area contributed by atoms with Crippen LogP contribution in [0.1, 0.15) is 58.2 Å². The zero-order valence-corrected chi connectivity index (χ0v) is 13.1. The highest BCUT2D eigenvalue weighted by Crippen LogP contribution is 2.36. The predicted molar refractivity (Wildman–Crippen MR) is 78.4 cm³/mol. The molecular formula is C15H22Cl2. The highest BCUT2D eigenvalue weighted by molar-refractivity contribution is 6.33. The number of hydrogen-bond donors (Lipinski definition) is 0. The first-order valence-corrected chi connectivity index (χ1v) is 6.88. The minimum atomic E-state index is 0.0408. The number of hydrogen-bond acceptors (Lipinski definition) is 0. The summed E-state index contributed by atoms with van der Waals surface area (Å²) >= 11 is 12.4. The van der Waals surface area contributed by atoms with E-state index in [-0.39, 0.29) is 10.8 Å². The van der Waals surface area contributed by atoms with Gasteiger partial charge in [0.15, 0.2) is 0 Å². The van der Waals surface area contributed by atoms with Gasteiger partial charge in [-0.2, -0.15) is 0 Å². The van der Waals surface area contributed by atoms with Gasteiger partial charge < -0.3 is 0 Å². The van der Waals surface area contributed by atoms with Crippen molar-refractivity contribution in [2.75, 3.05) is 0 Å². The van der Waals surface area contributed by atoms with Crippen LogP contribution in [-0.2, 0) is 16.7 Å². The Morgan fingerprint density at radius 3 is 1.82 bits per heavy atom. The zero-order valence-electron chi connectivity index (χ0n) is 11.6. The summed E-state index contributed by atoms with van der Waals surface area (Å²) in [6.07, 6.45) is 0. The smallest absolute Gasteiger partial charge is 0.0489 e. The van der Waals surface area contributed by atoms with Gasteiger partial charge in [-0.1, -0.05) is 65.3 Å². The Morgan fingerprint density at radius 1 is 0.941 bits per heavy atom. The topological polar surface area (TPSA) is 0 Å². The lowest BCUT2D eigenvalue weighted by atomic mass is 9.79. The van der Waals surface area contributed by atoms with Crippen molar-refractivity contribution in [1.29, 1.82) is 0 Å². The van der Waals surface area contributed by atoms with Crippen LogP contribution < -0.4 is 0 Å². The summed E-state index contributed by atoms with van der Waals surface area (Å²) in [5.74, 6) is 0.464. The van der Waals surface area contributed by atoms with Gasteiger partial charge in [-0.3, -0.25) is 0 Å². The molecule has 0 bridgehead atoms. The van der Waals surface area contributed by atoms with Gasteiger partial charge in [-0.15, -0.1) is 11.6 Å². The van der Waals surface area contributed by atoms with E-state index in [1.807, 2.05) is 0 Å². The maximum atomic E-state index is 6.43. The molecule has 0 aliphatic heterocycles. The van der Waals surface area contributed by atoms with Crippen molar-refractivity contribution in [3.63, 3.8) is 0 Å². The molecule has 0 radical (unpaired) electrons. The van der Waals surface area contributed by atoms with E-state index in [1.165, 1.54) is 11.1 Å². The van der Waals surface area contributed by atoms with E-state index in [2.05, 4.69) is 53.7 Å². The molecule has 0 spiro atoms.